The predicted molar refractivity (Wildman–Crippen MR) is 179 cm³/mol. The lowest BCUT2D eigenvalue weighted by atomic mass is 9.85. The summed E-state index contributed by atoms with van der Waals surface area (Å²) in [6, 6.07) is 57.3. The molecule has 0 saturated heterocycles. The number of benzene rings is 7. The second kappa shape index (κ2) is 9.89. The normalized spacial score (nSPS) is 11.4. The fourth-order valence-corrected chi connectivity index (χ4v) is 7.65. The van der Waals surface area contributed by atoms with Gasteiger partial charge in [-0.1, -0.05) is 152 Å². The van der Waals surface area contributed by atoms with Gasteiger partial charge in [-0.25, -0.2) is 0 Å². The Morgan fingerprint density at radius 3 is 1.56 bits per heavy atom. The third-order valence-electron chi connectivity index (χ3n) is 8.05. The predicted octanol–water partition coefficient (Wildman–Crippen LogP) is 11.9. The molecular formula is C40H26S. The van der Waals surface area contributed by atoms with Crippen LogP contribution in [0.3, 0.4) is 0 Å². The van der Waals surface area contributed by atoms with Crippen molar-refractivity contribution >= 4 is 43.0 Å². The van der Waals surface area contributed by atoms with Crippen molar-refractivity contribution in [2.24, 2.45) is 0 Å². The molecule has 0 N–H and O–H groups in total. The molecule has 0 amide bonds. The average molecular weight is 539 g/mol. The summed E-state index contributed by atoms with van der Waals surface area (Å²) >= 11 is 1.92. The Bertz CT molecular complexity index is 2170. The zero-order chi connectivity index (χ0) is 27.2. The highest BCUT2D eigenvalue weighted by Crippen LogP contribution is 2.54. The van der Waals surface area contributed by atoms with Gasteiger partial charge in [-0.05, 0) is 55.4 Å². The molecule has 0 nitrogen and oxygen atoms in total. The van der Waals surface area contributed by atoms with E-state index in [4.69, 9.17) is 0 Å². The van der Waals surface area contributed by atoms with Crippen LogP contribution >= 0.6 is 11.3 Å². The average Bonchev–Trinajstić information content (AvgIpc) is 3.46. The minimum absolute atomic E-state index is 1.24. The van der Waals surface area contributed by atoms with Gasteiger partial charge >= 0.3 is 0 Å². The maximum atomic E-state index is 2.36. The summed E-state index contributed by atoms with van der Waals surface area (Å²) in [6.07, 6.45) is 0. The molecule has 1 heterocycles. The number of hydrogen-bond acceptors (Lipinski definition) is 1. The minimum atomic E-state index is 1.24. The molecule has 1 heteroatoms. The quantitative estimate of drug-likeness (QED) is 0.209. The molecule has 8 rings (SSSR count). The maximum Gasteiger partial charge on any atom is 0.0446 e. The first-order valence-electron chi connectivity index (χ1n) is 14.0. The van der Waals surface area contributed by atoms with E-state index in [1.54, 1.807) is 0 Å². The molecule has 41 heavy (non-hydrogen) atoms. The molecule has 0 aliphatic rings. The van der Waals surface area contributed by atoms with E-state index >= 15 is 0 Å². The van der Waals surface area contributed by atoms with Gasteiger partial charge in [0.05, 0.1) is 0 Å². The van der Waals surface area contributed by atoms with Crippen molar-refractivity contribution in [3.05, 3.63) is 158 Å². The topological polar surface area (TPSA) is 0 Å². The van der Waals surface area contributed by atoms with Crippen LogP contribution in [0.5, 0.6) is 0 Å². The Balaban J connectivity index is 1.60. The van der Waals surface area contributed by atoms with Crippen molar-refractivity contribution in [3.63, 3.8) is 0 Å². The largest absolute Gasteiger partial charge is 0.134 e. The van der Waals surface area contributed by atoms with E-state index < -0.39 is 0 Å². The summed E-state index contributed by atoms with van der Waals surface area (Å²) in [5.74, 6) is 0. The van der Waals surface area contributed by atoms with Gasteiger partial charge in [-0.2, -0.15) is 0 Å². The van der Waals surface area contributed by atoms with Crippen LogP contribution < -0.4 is 0 Å². The van der Waals surface area contributed by atoms with Gasteiger partial charge in [0, 0.05) is 26.1 Å². The van der Waals surface area contributed by atoms with Crippen molar-refractivity contribution in [1.82, 2.24) is 0 Å². The van der Waals surface area contributed by atoms with Gasteiger partial charge in [0.2, 0.25) is 0 Å². The first kappa shape index (κ1) is 23.9. The van der Waals surface area contributed by atoms with Gasteiger partial charge in [0.1, 0.15) is 0 Å². The number of thiophene rings is 1. The third-order valence-corrected chi connectivity index (χ3v) is 9.31. The molecule has 0 saturated carbocycles. The summed E-state index contributed by atoms with van der Waals surface area (Å²) < 4.78 is 1.33. The van der Waals surface area contributed by atoms with Crippen molar-refractivity contribution in [2.45, 2.75) is 0 Å². The summed E-state index contributed by atoms with van der Waals surface area (Å²) in [6.45, 7) is 0. The molecular weight excluding hydrogens is 513 g/mol. The molecule has 0 aliphatic carbocycles. The first-order chi connectivity index (χ1) is 20.4. The smallest absolute Gasteiger partial charge is 0.0446 e. The molecule has 8 aromatic rings. The fourth-order valence-electron chi connectivity index (χ4n) is 6.23. The van der Waals surface area contributed by atoms with E-state index in [9.17, 15) is 0 Å². The monoisotopic (exact) mass is 538 g/mol. The molecule has 0 unspecified atom stereocenters. The van der Waals surface area contributed by atoms with Crippen molar-refractivity contribution in [2.75, 3.05) is 0 Å². The molecule has 0 bridgehead atoms. The van der Waals surface area contributed by atoms with Crippen LogP contribution in [-0.4, -0.2) is 0 Å². The fraction of sp³-hybridized carbons (Fsp3) is 0. The van der Waals surface area contributed by atoms with Gasteiger partial charge in [-0.3, -0.25) is 0 Å². The molecule has 192 valence electrons. The van der Waals surface area contributed by atoms with Gasteiger partial charge < -0.3 is 0 Å². The van der Waals surface area contributed by atoms with E-state index in [0.717, 1.165) is 0 Å². The van der Waals surface area contributed by atoms with E-state index in [-0.39, 0.29) is 0 Å². The van der Waals surface area contributed by atoms with Crippen molar-refractivity contribution in [3.8, 4) is 43.8 Å². The van der Waals surface area contributed by atoms with Crippen molar-refractivity contribution in [1.29, 1.82) is 0 Å². The Morgan fingerprint density at radius 2 is 0.878 bits per heavy atom. The van der Waals surface area contributed by atoms with Crippen molar-refractivity contribution < 1.29 is 0 Å². The lowest BCUT2D eigenvalue weighted by Gasteiger charge is -2.18. The Kier molecular flexibility index (Phi) is 5.76. The Morgan fingerprint density at radius 1 is 0.341 bits per heavy atom. The molecule has 0 radical (unpaired) electrons. The van der Waals surface area contributed by atoms with E-state index in [2.05, 4.69) is 158 Å². The van der Waals surface area contributed by atoms with Crippen LogP contribution in [0.25, 0.3) is 75.5 Å². The van der Waals surface area contributed by atoms with Gasteiger partial charge in [-0.15, -0.1) is 11.3 Å². The van der Waals surface area contributed by atoms with Crippen LogP contribution in [0.1, 0.15) is 0 Å². The molecule has 7 aromatic carbocycles. The minimum Gasteiger partial charge on any atom is -0.134 e. The first-order valence-corrected chi connectivity index (χ1v) is 14.8. The number of rotatable bonds is 4. The van der Waals surface area contributed by atoms with Crippen LogP contribution in [0.2, 0.25) is 0 Å². The molecule has 0 aliphatic heterocycles. The Hall–Kier alpha value is -4.98. The number of hydrogen-bond donors (Lipinski definition) is 0. The summed E-state index contributed by atoms with van der Waals surface area (Å²) in [4.78, 5) is 1.31. The number of fused-ring (bicyclic) bond motifs is 4. The highest BCUT2D eigenvalue weighted by molar-refractivity contribution is 7.23. The van der Waals surface area contributed by atoms with Gasteiger partial charge in [0.15, 0.2) is 0 Å². The molecule has 0 spiro atoms. The second-order valence-corrected chi connectivity index (χ2v) is 11.5. The lowest BCUT2D eigenvalue weighted by Crippen LogP contribution is -1.91. The SMILES string of the molecule is c1ccc(-c2sc3c(-c4ccccc4)c(-c4ccc5ccccc5c4)c4ccccc4c3c2-c2ccccc2)cc1. The van der Waals surface area contributed by atoms with Crippen LogP contribution in [0, 0.1) is 0 Å². The Labute approximate surface area is 243 Å². The standard InChI is InChI=1S/C40H26S/c1-4-15-28(16-5-1)36-35(32-25-24-27-14-10-11-21-31(27)26-32)33-22-12-13-23-34(33)38-37(29-17-6-2-7-18-29)39(41-40(36)38)30-19-8-3-9-20-30/h1-26H. The zero-order valence-corrected chi connectivity index (χ0v) is 23.2. The summed E-state index contributed by atoms with van der Waals surface area (Å²) in [5.41, 5.74) is 8.91. The zero-order valence-electron chi connectivity index (χ0n) is 22.4. The third kappa shape index (κ3) is 3.97. The summed E-state index contributed by atoms with van der Waals surface area (Å²) in [7, 11) is 0. The van der Waals surface area contributed by atoms with E-state index in [1.807, 2.05) is 11.3 Å². The molecule has 1 aromatic heterocycles. The molecule has 0 atom stereocenters. The van der Waals surface area contributed by atoms with E-state index in [1.165, 1.54) is 75.5 Å². The van der Waals surface area contributed by atoms with E-state index in [0.29, 0.717) is 0 Å². The van der Waals surface area contributed by atoms with Crippen LogP contribution in [0.4, 0.5) is 0 Å². The van der Waals surface area contributed by atoms with Crippen LogP contribution in [0.15, 0.2) is 158 Å². The van der Waals surface area contributed by atoms with Crippen LogP contribution in [-0.2, 0) is 0 Å². The maximum absolute atomic E-state index is 2.36. The molecule has 0 fully saturated rings. The highest BCUT2D eigenvalue weighted by Gasteiger charge is 2.24. The summed E-state index contributed by atoms with van der Waals surface area (Å²) in [5, 5.41) is 6.43. The second-order valence-electron chi connectivity index (χ2n) is 10.5. The van der Waals surface area contributed by atoms with Gasteiger partial charge in [0.25, 0.3) is 0 Å². The lowest BCUT2D eigenvalue weighted by molar-refractivity contribution is 1.65. The highest BCUT2D eigenvalue weighted by atomic mass is 32.1.